The van der Waals surface area contributed by atoms with Gasteiger partial charge in [0.1, 0.15) is 5.84 Å². The second-order valence-electron chi connectivity index (χ2n) is 5.55. The number of rotatable bonds is 3. The van der Waals surface area contributed by atoms with Gasteiger partial charge in [-0.2, -0.15) is 0 Å². The van der Waals surface area contributed by atoms with Crippen LogP contribution in [0.3, 0.4) is 0 Å². The zero-order valence-corrected chi connectivity index (χ0v) is 14.8. The van der Waals surface area contributed by atoms with Gasteiger partial charge in [0, 0.05) is 30.5 Å². The minimum absolute atomic E-state index is 0.156. The lowest BCUT2D eigenvalue weighted by atomic mass is 10.2. The molecule has 0 saturated heterocycles. The Morgan fingerprint density at radius 3 is 2.52 bits per heavy atom. The lowest BCUT2D eigenvalue weighted by Crippen LogP contribution is -2.34. The van der Waals surface area contributed by atoms with Gasteiger partial charge in [-0.05, 0) is 37.3 Å². The maximum absolute atomic E-state index is 13.3. The molecule has 3 rings (SSSR count). The molecule has 1 heterocycles. The van der Waals surface area contributed by atoms with Gasteiger partial charge in [-0.1, -0.05) is 29.8 Å². The van der Waals surface area contributed by atoms with Crippen molar-refractivity contribution >= 4 is 40.4 Å². The molecule has 0 atom stereocenters. The summed E-state index contributed by atoms with van der Waals surface area (Å²) in [5.74, 6) is -0.117. The van der Waals surface area contributed by atoms with E-state index in [1.54, 1.807) is 35.2 Å². The largest absolute Gasteiger partial charge is 0.393 e. The fourth-order valence-electron chi connectivity index (χ4n) is 2.94. The van der Waals surface area contributed by atoms with Crippen LogP contribution in [0.2, 0.25) is 5.02 Å². The van der Waals surface area contributed by atoms with E-state index >= 15 is 0 Å². The van der Waals surface area contributed by atoms with Crippen LogP contribution in [0.1, 0.15) is 6.92 Å². The highest BCUT2D eigenvalue weighted by molar-refractivity contribution is 6.35. The molecule has 0 aliphatic carbocycles. The number of fused-ring (bicyclic) bond motifs is 1. The maximum atomic E-state index is 13.3. The van der Waals surface area contributed by atoms with E-state index in [4.69, 9.17) is 17.0 Å². The molecule has 2 N–H and O–H groups in total. The smallest absolute Gasteiger partial charge is 0.268 e. The van der Waals surface area contributed by atoms with Gasteiger partial charge in [0.05, 0.1) is 16.9 Å². The van der Waals surface area contributed by atoms with Crippen molar-refractivity contribution in [2.75, 3.05) is 23.4 Å². The molecule has 6 heteroatoms. The van der Waals surface area contributed by atoms with Gasteiger partial charge in [-0.15, -0.1) is 0 Å². The van der Waals surface area contributed by atoms with Gasteiger partial charge in [0.15, 0.2) is 0 Å². The number of anilines is 3. The molecule has 0 radical (unpaired) electrons. The highest BCUT2D eigenvalue weighted by Crippen LogP contribution is 2.40. The summed E-state index contributed by atoms with van der Waals surface area (Å²) in [7, 11) is 1.71. The summed E-state index contributed by atoms with van der Waals surface area (Å²) >= 11 is 6.22. The van der Waals surface area contributed by atoms with Gasteiger partial charge in [-0.25, -0.2) is 0 Å². The van der Waals surface area contributed by atoms with Gasteiger partial charge >= 0.3 is 0 Å². The zero-order valence-electron chi connectivity index (χ0n) is 14.1. The lowest BCUT2D eigenvalue weighted by Gasteiger charge is -2.25. The van der Waals surface area contributed by atoms with E-state index in [-0.39, 0.29) is 11.7 Å². The monoisotopic (exact) mass is 354 g/mol. The van der Waals surface area contributed by atoms with Crippen LogP contribution in [0.15, 0.2) is 60.3 Å². The Morgan fingerprint density at radius 1 is 1.16 bits per heavy atom. The van der Waals surface area contributed by atoms with Gasteiger partial charge in [-0.3, -0.25) is 15.1 Å². The number of hydrogen-bond acceptors (Lipinski definition) is 3. The molecule has 0 unspecified atom stereocenters. The summed E-state index contributed by atoms with van der Waals surface area (Å²) in [6, 6.07) is 14.8. The Bertz CT molecular complexity index is 848. The second kappa shape index (κ2) is 6.99. The molecular formula is C19H19ClN4O. The number of hydrogen-bond donors (Lipinski definition) is 2. The fourth-order valence-corrected chi connectivity index (χ4v) is 3.10. The first-order chi connectivity index (χ1) is 12.1. The number of nitrogens with one attached hydrogen (secondary N) is 2. The van der Waals surface area contributed by atoms with E-state index in [0.29, 0.717) is 22.8 Å². The molecule has 2 aromatic rings. The normalized spacial score (nSPS) is 16.0. The average Bonchev–Trinajstić information content (AvgIpc) is 2.70. The molecule has 5 nitrogen and oxygen atoms in total. The first kappa shape index (κ1) is 17.0. The van der Waals surface area contributed by atoms with E-state index in [1.165, 1.54) is 0 Å². The second-order valence-corrected chi connectivity index (χ2v) is 5.99. The number of carbonyl (C=O) groups excluding carboxylic acids is 1. The molecular weight excluding hydrogens is 336 g/mol. The van der Waals surface area contributed by atoms with Crippen LogP contribution in [0, 0.1) is 5.41 Å². The molecule has 0 saturated carbocycles. The molecule has 2 aromatic carbocycles. The van der Waals surface area contributed by atoms with Gasteiger partial charge < -0.3 is 10.2 Å². The Labute approximate surface area is 152 Å². The van der Waals surface area contributed by atoms with E-state index < -0.39 is 0 Å². The molecule has 0 aromatic heterocycles. The molecule has 1 aliphatic heterocycles. The summed E-state index contributed by atoms with van der Waals surface area (Å²) < 4.78 is 0. The molecule has 0 fully saturated rings. The molecule has 0 spiro atoms. The molecule has 0 bridgehead atoms. The third kappa shape index (κ3) is 2.98. The average molecular weight is 355 g/mol. The minimum atomic E-state index is -0.273. The summed E-state index contributed by atoms with van der Waals surface area (Å²) in [5.41, 5.74) is 2.45. The quantitative estimate of drug-likeness (QED) is 0.821. The van der Waals surface area contributed by atoms with Crippen molar-refractivity contribution in [3.63, 3.8) is 0 Å². The minimum Gasteiger partial charge on any atom is -0.393 e. The molecule has 128 valence electrons. The summed E-state index contributed by atoms with van der Waals surface area (Å²) in [4.78, 5) is 16.7. The number of halogens is 1. The number of nitrogens with zero attached hydrogens (tertiary/aromatic N) is 2. The van der Waals surface area contributed by atoms with Crippen LogP contribution < -0.4 is 15.1 Å². The Balaban J connectivity index is 2.31. The predicted octanol–water partition coefficient (Wildman–Crippen LogP) is 3.93. The van der Waals surface area contributed by atoms with Gasteiger partial charge in [0.2, 0.25) is 0 Å². The summed E-state index contributed by atoms with van der Waals surface area (Å²) in [5, 5.41) is 12.0. The van der Waals surface area contributed by atoms with Crippen LogP contribution in [-0.2, 0) is 4.79 Å². The van der Waals surface area contributed by atoms with E-state index in [9.17, 15) is 4.79 Å². The van der Waals surface area contributed by atoms with Crippen molar-refractivity contribution in [3.05, 3.63) is 65.3 Å². The van der Waals surface area contributed by atoms with Crippen molar-refractivity contribution in [1.82, 2.24) is 5.32 Å². The molecule has 1 amide bonds. The van der Waals surface area contributed by atoms with E-state index in [1.807, 2.05) is 43.3 Å². The van der Waals surface area contributed by atoms with Crippen molar-refractivity contribution in [2.45, 2.75) is 6.92 Å². The van der Waals surface area contributed by atoms with E-state index in [0.717, 1.165) is 11.4 Å². The highest BCUT2D eigenvalue weighted by Gasteiger charge is 2.34. The number of benzene rings is 2. The van der Waals surface area contributed by atoms with Crippen LogP contribution in [0.4, 0.5) is 17.1 Å². The Morgan fingerprint density at radius 2 is 1.88 bits per heavy atom. The topological polar surface area (TPSA) is 59.4 Å². The standard InChI is InChI=1S/C19H19ClN4O/c1-3-23-16-10-9-13(20)11-17(16)24(14-7-5-4-6-8-14)19(25)15(12-22-2)18(23)21/h4-12,21-22H,3H2,1-2H3/b15-12+,21-18?. The fraction of sp³-hybridized carbons (Fsp3) is 0.158. The lowest BCUT2D eigenvalue weighted by molar-refractivity contribution is -0.114. The van der Waals surface area contributed by atoms with Crippen LogP contribution >= 0.6 is 11.6 Å². The van der Waals surface area contributed by atoms with E-state index in [2.05, 4.69) is 5.32 Å². The Hall–Kier alpha value is -2.79. The van der Waals surface area contributed by atoms with Crippen molar-refractivity contribution in [2.24, 2.45) is 0 Å². The molecule has 1 aliphatic rings. The number of para-hydroxylation sites is 1. The highest BCUT2D eigenvalue weighted by atomic mass is 35.5. The zero-order chi connectivity index (χ0) is 18.0. The van der Waals surface area contributed by atoms with Crippen molar-refractivity contribution < 1.29 is 4.79 Å². The van der Waals surface area contributed by atoms with Gasteiger partial charge in [0.25, 0.3) is 5.91 Å². The number of amidine groups is 1. The SMILES string of the molecule is CCN1C(=N)/C(=C\NC)C(=O)N(c2ccccc2)c2cc(Cl)ccc21. The molecule has 25 heavy (non-hydrogen) atoms. The summed E-state index contributed by atoms with van der Waals surface area (Å²) in [6.07, 6.45) is 1.57. The predicted molar refractivity (Wildman–Crippen MR) is 103 cm³/mol. The van der Waals surface area contributed by atoms with Crippen molar-refractivity contribution in [1.29, 1.82) is 5.41 Å². The number of likely N-dealkylation sites (N-methyl/N-ethyl adjacent to an activating group) is 1. The van der Waals surface area contributed by atoms with Crippen LogP contribution in [-0.4, -0.2) is 25.3 Å². The maximum Gasteiger partial charge on any atom is 0.268 e. The first-order valence-corrected chi connectivity index (χ1v) is 8.39. The third-order valence-electron chi connectivity index (χ3n) is 4.05. The first-order valence-electron chi connectivity index (χ1n) is 8.01. The number of carbonyl (C=O) groups is 1. The van der Waals surface area contributed by atoms with Crippen LogP contribution in [0.25, 0.3) is 0 Å². The Kier molecular flexibility index (Phi) is 4.76. The summed E-state index contributed by atoms with van der Waals surface area (Å²) in [6.45, 7) is 2.51. The van der Waals surface area contributed by atoms with Crippen molar-refractivity contribution in [3.8, 4) is 0 Å². The third-order valence-corrected chi connectivity index (χ3v) is 4.28. The number of amides is 1. The van der Waals surface area contributed by atoms with Crippen LogP contribution in [0.5, 0.6) is 0 Å².